The van der Waals surface area contributed by atoms with Gasteiger partial charge in [0.05, 0.1) is 0 Å². The van der Waals surface area contributed by atoms with Crippen molar-refractivity contribution in [3.05, 3.63) is 0 Å². The lowest BCUT2D eigenvalue weighted by Gasteiger charge is -2.27. The normalized spacial score (nSPS) is 12.7. The first-order valence-corrected chi connectivity index (χ1v) is 3.03. The Morgan fingerprint density at radius 1 is 1.33 bits per heavy atom. The molecule has 0 aromatic heterocycles. The summed E-state index contributed by atoms with van der Waals surface area (Å²) in [6.07, 6.45) is 0. The molecule has 0 aromatic rings. The molecule has 0 saturated heterocycles. The van der Waals surface area contributed by atoms with Crippen molar-refractivity contribution in [3.63, 3.8) is 0 Å². The van der Waals surface area contributed by atoms with Gasteiger partial charge in [-0.3, -0.25) is 10.2 Å². The van der Waals surface area contributed by atoms with Crippen LogP contribution in [0.15, 0.2) is 0 Å². The quantitative estimate of drug-likeness (QED) is 0.445. The van der Waals surface area contributed by atoms with Gasteiger partial charge < -0.3 is 0 Å². The third-order valence-electron chi connectivity index (χ3n) is 1.01. The maximum absolute atomic E-state index is 5.31. The van der Waals surface area contributed by atoms with E-state index in [-0.39, 0.29) is 5.72 Å². The van der Waals surface area contributed by atoms with E-state index in [1.54, 1.807) is 5.06 Å². The summed E-state index contributed by atoms with van der Waals surface area (Å²) in [5, 5.41) is 4.69. The minimum atomic E-state index is -0.260. The topological polar surface area (TPSA) is 24.5 Å². The second kappa shape index (κ2) is 3.15. The lowest BCUT2D eigenvalue weighted by molar-refractivity contribution is -0.216. The summed E-state index contributed by atoms with van der Waals surface area (Å²) in [5.74, 6) is 0. The standard InChI is InChI=1S/C6H16N2O/c1-6(2,7-3)9-8(4)5/h7H,1-5H3. The van der Waals surface area contributed by atoms with Crippen LogP contribution in [0.25, 0.3) is 0 Å². The van der Waals surface area contributed by atoms with E-state index < -0.39 is 0 Å². The number of hydrogen-bond donors (Lipinski definition) is 1. The van der Waals surface area contributed by atoms with Gasteiger partial charge in [-0.15, -0.1) is 0 Å². The fourth-order valence-corrected chi connectivity index (χ4v) is 0.502. The molecule has 0 saturated carbocycles. The second-order valence-electron chi connectivity index (χ2n) is 2.66. The number of nitrogens with one attached hydrogen (secondary N) is 1. The van der Waals surface area contributed by atoms with Crippen molar-refractivity contribution in [2.45, 2.75) is 19.6 Å². The highest BCUT2D eigenvalue weighted by Crippen LogP contribution is 2.02. The summed E-state index contributed by atoms with van der Waals surface area (Å²) < 4.78 is 0. The van der Waals surface area contributed by atoms with Crippen molar-refractivity contribution < 1.29 is 4.84 Å². The Hall–Kier alpha value is -0.120. The molecule has 0 aliphatic heterocycles. The molecule has 0 aliphatic carbocycles. The highest BCUT2D eigenvalue weighted by molar-refractivity contribution is 4.58. The molecular formula is C6H16N2O. The fourth-order valence-electron chi connectivity index (χ4n) is 0.502. The Labute approximate surface area is 56.9 Å². The third kappa shape index (κ3) is 4.39. The summed E-state index contributed by atoms with van der Waals surface area (Å²) in [6.45, 7) is 3.93. The van der Waals surface area contributed by atoms with E-state index in [1.807, 2.05) is 35.0 Å². The molecule has 1 N–H and O–H groups in total. The van der Waals surface area contributed by atoms with Crippen molar-refractivity contribution in [1.29, 1.82) is 0 Å². The van der Waals surface area contributed by atoms with Crippen molar-refractivity contribution in [1.82, 2.24) is 10.4 Å². The monoisotopic (exact) mass is 132 g/mol. The van der Waals surface area contributed by atoms with Gasteiger partial charge in [0, 0.05) is 14.1 Å². The molecule has 0 fully saturated rings. The van der Waals surface area contributed by atoms with Gasteiger partial charge in [0.2, 0.25) is 0 Å². The van der Waals surface area contributed by atoms with Gasteiger partial charge in [-0.25, -0.2) is 0 Å². The van der Waals surface area contributed by atoms with Gasteiger partial charge in [0.1, 0.15) is 5.72 Å². The van der Waals surface area contributed by atoms with Gasteiger partial charge in [-0.2, -0.15) is 5.06 Å². The Balaban J connectivity index is 3.58. The first kappa shape index (κ1) is 8.88. The molecule has 9 heavy (non-hydrogen) atoms. The maximum Gasteiger partial charge on any atom is 0.134 e. The molecule has 0 radical (unpaired) electrons. The molecule has 0 atom stereocenters. The summed E-state index contributed by atoms with van der Waals surface area (Å²) in [6, 6.07) is 0. The molecule has 0 spiro atoms. The Morgan fingerprint density at radius 2 is 1.78 bits per heavy atom. The highest BCUT2D eigenvalue weighted by Gasteiger charge is 2.15. The minimum Gasteiger partial charge on any atom is -0.291 e. The first-order chi connectivity index (χ1) is 3.98. The van der Waals surface area contributed by atoms with E-state index in [9.17, 15) is 0 Å². The Bertz CT molecular complexity index is 81.1. The Morgan fingerprint density at radius 3 is 1.89 bits per heavy atom. The largest absolute Gasteiger partial charge is 0.291 e. The molecule has 0 aromatic carbocycles. The van der Waals surface area contributed by atoms with Crippen LogP contribution in [0.4, 0.5) is 0 Å². The molecule has 0 rings (SSSR count). The smallest absolute Gasteiger partial charge is 0.134 e. The van der Waals surface area contributed by atoms with Gasteiger partial charge in [-0.1, -0.05) is 0 Å². The molecule has 0 heterocycles. The Kier molecular flexibility index (Phi) is 3.11. The van der Waals surface area contributed by atoms with Crippen LogP contribution in [0.1, 0.15) is 13.8 Å². The average molecular weight is 132 g/mol. The van der Waals surface area contributed by atoms with Crippen molar-refractivity contribution in [2.24, 2.45) is 0 Å². The van der Waals surface area contributed by atoms with Gasteiger partial charge in [0.15, 0.2) is 0 Å². The van der Waals surface area contributed by atoms with Crippen LogP contribution in [0.3, 0.4) is 0 Å². The minimum absolute atomic E-state index is 0.260. The lowest BCUT2D eigenvalue weighted by atomic mass is 10.3. The second-order valence-corrected chi connectivity index (χ2v) is 2.66. The molecule has 3 nitrogen and oxygen atoms in total. The van der Waals surface area contributed by atoms with E-state index in [1.165, 1.54) is 0 Å². The van der Waals surface area contributed by atoms with Crippen molar-refractivity contribution in [3.8, 4) is 0 Å². The zero-order valence-corrected chi connectivity index (χ0v) is 6.86. The number of hydrogen-bond acceptors (Lipinski definition) is 3. The first-order valence-electron chi connectivity index (χ1n) is 3.03. The van der Waals surface area contributed by atoms with Crippen LogP contribution < -0.4 is 5.32 Å². The van der Waals surface area contributed by atoms with Crippen LogP contribution >= 0.6 is 0 Å². The predicted octanol–water partition coefficient (Wildman–Crippen LogP) is 0.435. The van der Waals surface area contributed by atoms with Gasteiger partial charge in [-0.05, 0) is 20.9 Å². The maximum atomic E-state index is 5.31. The number of nitrogens with zero attached hydrogens (tertiary/aromatic N) is 1. The van der Waals surface area contributed by atoms with E-state index in [2.05, 4.69) is 5.32 Å². The molecule has 56 valence electrons. The molecular weight excluding hydrogens is 116 g/mol. The van der Waals surface area contributed by atoms with Gasteiger partial charge >= 0.3 is 0 Å². The number of rotatable bonds is 3. The molecule has 0 amide bonds. The molecule has 3 heteroatoms. The average Bonchev–Trinajstić information content (AvgIpc) is 1.63. The van der Waals surface area contributed by atoms with Crippen molar-refractivity contribution >= 4 is 0 Å². The van der Waals surface area contributed by atoms with Gasteiger partial charge in [0.25, 0.3) is 0 Å². The zero-order valence-electron chi connectivity index (χ0n) is 6.86. The van der Waals surface area contributed by atoms with Crippen LogP contribution in [0, 0.1) is 0 Å². The summed E-state index contributed by atoms with van der Waals surface area (Å²) >= 11 is 0. The predicted molar refractivity (Wildman–Crippen MR) is 37.9 cm³/mol. The van der Waals surface area contributed by atoms with Crippen LogP contribution in [0.5, 0.6) is 0 Å². The van der Waals surface area contributed by atoms with E-state index >= 15 is 0 Å². The van der Waals surface area contributed by atoms with Crippen LogP contribution in [-0.4, -0.2) is 31.9 Å². The SMILES string of the molecule is CNC(C)(C)ON(C)C. The van der Waals surface area contributed by atoms with E-state index in [0.29, 0.717) is 0 Å². The molecule has 0 unspecified atom stereocenters. The summed E-state index contributed by atoms with van der Waals surface area (Å²) in [5.41, 5.74) is -0.260. The van der Waals surface area contributed by atoms with E-state index in [4.69, 9.17) is 4.84 Å². The van der Waals surface area contributed by atoms with Crippen LogP contribution in [0.2, 0.25) is 0 Å². The summed E-state index contributed by atoms with van der Waals surface area (Å²) in [4.78, 5) is 5.31. The fraction of sp³-hybridized carbons (Fsp3) is 1.00. The highest BCUT2D eigenvalue weighted by atomic mass is 16.7. The lowest BCUT2D eigenvalue weighted by Crippen LogP contribution is -2.42. The van der Waals surface area contributed by atoms with E-state index in [0.717, 1.165) is 0 Å². The third-order valence-corrected chi connectivity index (χ3v) is 1.01. The zero-order chi connectivity index (χ0) is 7.49. The molecule has 0 bridgehead atoms. The molecule has 0 aliphatic rings. The van der Waals surface area contributed by atoms with Crippen molar-refractivity contribution in [2.75, 3.05) is 21.1 Å². The van der Waals surface area contributed by atoms with Crippen LogP contribution in [-0.2, 0) is 4.84 Å². The number of hydroxylamine groups is 2. The summed E-state index contributed by atoms with van der Waals surface area (Å²) in [7, 11) is 5.58.